The van der Waals surface area contributed by atoms with Gasteiger partial charge in [-0.15, -0.1) is 11.3 Å². The zero-order chi connectivity index (χ0) is 64.3. The molecule has 14 aromatic rings. The van der Waals surface area contributed by atoms with Crippen molar-refractivity contribution in [1.82, 2.24) is 9.13 Å². The van der Waals surface area contributed by atoms with Crippen LogP contribution in [0.5, 0.6) is 0 Å². The molecule has 17 rings (SSSR count). The van der Waals surface area contributed by atoms with Gasteiger partial charge in [0.1, 0.15) is 0 Å². The number of thiophene rings is 1. The van der Waals surface area contributed by atoms with E-state index in [9.17, 15) is 0 Å². The summed E-state index contributed by atoms with van der Waals surface area (Å²) in [5.74, 6) is 0. The molecule has 3 aromatic heterocycles. The Morgan fingerprint density at radius 1 is 0.323 bits per heavy atom. The number of rotatable bonds is 5. The molecule has 93 heavy (non-hydrogen) atoms. The zero-order valence-electron chi connectivity index (χ0n) is 56.4. The van der Waals surface area contributed by atoms with E-state index in [1.165, 1.54) is 148 Å². The molecule has 3 aliphatic rings. The minimum Gasteiger partial charge on any atom is -0.310 e. The van der Waals surface area contributed by atoms with E-state index in [-0.39, 0.29) is 33.8 Å². The molecule has 0 unspecified atom stereocenters. The van der Waals surface area contributed by atoms with Gasteiger partial charge in [-0.2, -0.15) is 0 Å². The molecule has 7 heteroatoms. The van der Waals surface area contributed by atoms with Crippen LogP contribution >= 0.6 is 11.3 Å². The minimum absolute atomic E-state index is 0.0296. The first-order valence-corrected chi connectivity index (χ1v) is 34.3. The maximum absolute atomic E-state index is 2.73. The van der Waals surface area contributed by atoms with Crippen LogP contribution in [0.2, 0.25) is 0 Å². The molecule has 5 nitrogen and oxygen atoms in total. The fraction of sp³-hybridized carbons (Fsp3) is 0.233. The van der Waals surface area contributed by atoms with Gasteiger partial charge < -0.3 is 23.8 Å². The van der Waals surface area contributed by atoms with Crippen LogP contribution in [0.4, 0.5) is 51.2 Å². The summed E-state index contributed by atoms with van der Waals surface area (Å²) in [5.41, 5.74) is 27.8. The van der Waals surface area contributed by atoms with Crippen molar-refractivity contribution >= 4 is 149 Å². The smallest absolute Gasteiger partial charge is 0.252 e. The number of fused-ring (bicyclic) bond motifs is 15. The summed E-state index contributed by atoms with van der Waals surface area (Å²) in [6, 6.07) is 82.8. The van der Waals surface area contributed by atoms with E-state index in [2.05, 4.69) is 340 Å². The first-order valence-electron chi connectivity index (χ1n) is 33.4. The fourth-order valence-electron chi connectivity index (χ4n) is 15.7. The van der Waals surface area contributed by atoms with Crippen molar-refractivity contribution in [3.05, 3.63) is 240 Å². The summed E-state index contributed by atoms with van der Waals surface area (Å²) in [5, 5.41) is 7.70. The second-order valence-electron chi connectivity index (χ2n) is 31.9. The minimum atomic E-state index is -0.187. The second kappa shape index (κ2) is 19.6. The first kappa shape index (κ1) is 57.6. The van der Waals surface area contributed by atoms with Gasteiger partial charge in [0.05, 0.1) is 55.2 Å². The third-order valence-corrected chi connectivity index (χ3v) is 21.9. The topological polar surface area (TPSA) is 19.6 Å². The van der Waals surface area contributed by atoms with Crippen LogP contribution in [-0.2, 0) is 27.1 Å². The van der Waals surface area contributed by atoms with E-state index in [1.54, 1.807) is 0 Å². The number of hydrogen-bond acceptors (Lipinski definition) is 4. The zero-order valence-corrected chi connectivity index (χ0v) is 57.2. The Kier molecular flexibility index (Phi) is 12.2. The number of hydrogen-bond donors (Lipinski definition) is 0. The predicted molar refractivity (Wildman–Crippen MR) is 404 cm³/mol. The maximum Gasteiger partial charge on any atom is 0.252 e. The van der Waals surface area contributed by atoms with Crippen LogP contribution in [0.1, 0.15) is 132 Å². The van der Waals surface area contributed by atoms with Crippen LogP contribution < -0.4 is 31.1 Å². The van der Waals surface area contributed by atoms with Crippen LogP contribution in [0.3, 0.4) is 0 Å². The third kappa shape index (κ3) is 8.64. The van der Waals surface area contributed by atoms with Crippen molar-refractivity contribution < 1.29 is 0 Å². The van der Waals surface area contributed by atoms with Gasteiger partial charge in [-0.3, -0.25) is 0 Å². The summed E-state index contributed by atoms with van der Waals surface area (Å²) in [6.45, 7) is 35.2. The summed E-state index contributed by atoms with van der Waals surface area (Å²) >= 11 is 1.91. The largest absolute Gasteiger partial charge is 0.310 e. The summed E-state index contributed by atoms with van der Waals surface area (Å²) in [7, 11) is 0. The molecule has 0 fully saturated rings. The maximum atomic E-state index is 2.73. The molecule has 6 heterocycles. The quantitative estimate of drug-likeness (QED) is 0.160. The number of anilines is 9. The van der Waals surface area contributed by atoms with Gasteiger partial charge in [-0.05, 0) is 187 Å². The van der Waals surface area contributed by atoms with Crippen molar-refractivity contribution in [1.29, 1.82) is 0 Å². The lowest BCUT2D eigenvalue weighted by Gasteiger charge is -2.47. The third-order valence-electron chi connectivity index (χ3n) is 20.7. The van der Waals surface area contributed by atoms with Crippen LogP contribution in [0, 0.1) is 0 Å². The Bertz CT molecular complexity index is 5380. The molecule has 0 N–H and O–H groups in total. The Morgan fingerprint density at radius 2 is 0.817 bits per heavy atom. The summed E-state index contributed by atoms with van der Waals surface area (Å²) < 4.78 is 7.78. The fourth-order valence-corrected chi connectivity index (χ4v) is 16.9. The van der Waals surface area contributed by atoms with Crippen molar-refractivity contribution in [3.8, 4) is 11.4 Å². The van der Waals surface area contributed by atoms with Gasteiger partial charge in [0.2, 0.25) is 0 Å². The van der Waals surface area contributed by atoms with E-state index in [0.29, 0.717) is 0 Å². The van der Waals surface area contributed by atoms with Crippen molar-refractivity contribution in [2.45, 2.75) is 131 Å². The Labute approximate surface area is 552 Å². The van der Waals surface area contributed by atoms with Crippen LogP contribution in [0.25, 0.3) is 75.2 Å². The summed E-state index contributed by atoms with van der Waals surface area (Å²) in [4.78, 5) is 7.92. The molecule has 0 radical (unpaired) electrons. The van der Waals surface area contributed by atoms with Crippen molar-refractivity contribution in [2.75, 3.05) is 14.7 Å². The normalized spacial score (nSPS) is 13.9. The number of aromatic nitrogens is 2. The lowest BCUT2D eigenvalue weighted by molar-refractivity contribution is 0.590. The highest BCUT2D eigenvalue weighted by Crippen LogP contribution is 2.57. The predicted octanol–water partition coefficient (Wildman–Crippen LogP) is 22.6. The molecule has 458 valence electrons. The molecule has 0 saturated carbocycles. The van der Waals surface area contributed by atoms with Gasteiger partial charge in [0, 0.05) is 71.1 Å². The molecule has 3 aliphatic heterocycles. The number of benzene rings is 11. The van der Waals surface area contributed by atoms with E-state index in [4.69, 9.17) is 0 Å². The van der Waals surface area contributed by atoms with Crippen LogP contribution in [0.15, 0.2) is 212 Å². The average molecular weight is 1230 g/mol. The Hall–Kier alpha value is -9.30. The summed E-state index contributed by atoms with van der Waals surface area (Å²) in [6.07, 6.45) is 0. The van der Waals surface area contributed by atoms with Gasteiger partial charge in [-0.25, -0.2) is 0 Å². The molecule has 0 saturated heterocycles. The first-order chi connectivity index (χ1) is 44.3. The molecule has 0 aliphatic carbocycles. The Morgan fingerprint density at radius 3 is 1.40 bits per heavy atom. The standard InChI is InChI=1S/C86H80BN5S/c1-82(2,3)51-33-38-68-62(41-51)63-42-52(83(4,5)6)34-39-69(63)89(68)58-36-37-66-72(48-58)90(71-31-24-30-61-60-29-22-23-32-77(60)93-81(61)71)73-49-59(88(56-25-18-16-19-26-56)57-27-20-17-21-28-57)50-74-78(73)87(66)67-45-55(86(13,14)15)47-76-80(67)92(74)75-46-54(85(10,11)12)44-65-64-43-53(84(7,8)9)35-40-70(64)91(76)79(65)75/h16-50H,1-15H3. The molecule has 0 amide bonds. The number of nitrogens with zero attached hydrogens (tertiary/aromatic N) is 5. The van der Waals surface area contributed by atoms with Crippen molar-refractivity contribution in [2.24, 2.45) is 0 Å². The van der Waals surface area contributed by atoms with E-state index in [0.717, 1.165) is 22.7 Å². The molecule has 0 bridgehead atoms. The highest BCUT2D eigenvalue weighted by molar-refractivity contribution is 7.26. The molecular formula is C86H80BN5S. The van der Waals surface area contributed by atoms with Gasteiger partial charge in [0.15, 0.2) is 0 Å². The highest BCUT2D eigenvalue weighted by atomic mass is 32.1. The van der Waals surface area contributed by atoms with Gasteiger partial charge in [0.25, 0.3) is 6.71 Å². The number of para-hydroxylation sites is 2. The van der Waals surface area contributed by atoms with Gasteiger partial charge in [-0.1, -0.05) is 201 Å². The Balaban J connectivity index is 1.05. The highest BCUT2D eigenvalue weighted by Gasteiger charge is 2.48. The van der Waals surface area contributed by atoms with Crippen LogP contribution in [-0.4, -0.2) is 15.8 Å². The van der Waals surface area contributed by atoms with Gasteiger partial charge >= 0.3 is 0 Å². The molecule has 0 atom stereocenters. The molecular weight excluding hydrogens is 1150 g/mol. The van der Waals surface area contributed by atoms with Crippen molar-refractivity contribution in [3.63, 3.8) is 0 Å². The van der Waals surface area contributed by atoms with E-state index >= 15 is 0 Å². The monoisotopic (exact) mass is 1230 g/mol. The SMILES string of the molecule is CC(C)(C)c1cc2c3c(c1)-n1c4ccc(C(C)(C)C)cc4c4cc(C(C)(C)C)cc(c41)N3c1cc(N(c3ccccc3)c3ccccc3)cc3c1B2c1ccc(-n2c4ccc(C(C)(C)C)cc4c4cc(C(C)(C)C)ccc42)cc1N3c1cccc2c1sc1ccccc12. The lowest BCUT2D eigenvalue weighted by Crippen LogP contribution is -2.62. The lowest BCUT2D eigenvalue weighted by atomic mass is 9.33. The average Bonchev–Trinajstić information content (AvgIpc) is 1.67. The van der Waals surface area contributed by atoms with E-state index in [1.807, 2.05) is 11.3 Å². The van der Waals surface area contributed by atoms with E-state index < -0.39 is 0 Å². The molecule has 11 aromatic carbocycles. The second-order valence-corrected chi connectivity index (χ2v) is 33.0. The molecule has 0 spiro atoms.